The van der Waals surface area contributed by atoms with Gasteiger partial charge in [0.15, 0.2) is 0 Å². The minimum Gasteiger partial charge on any atom is -0.509 e. The molecule has 310 valence electrons. The van der Waals surface area contributed by atoms with E-state index in [1.54, 1.807) is 0 Å². The molecule has 1 aliphatic heterocycles. The van der Waals surface area contributed by atoms with E-state index in [1.807, 2.05) is 73.5 Å². The van der Waals surface area contributed by atoms with Gasteiger partial charge in [-0.15, -0.1) is 53.6 Å². The standard InChI is InChI=1S/C54H41F2N4O.Pt/c1-34-22-35(2)24-36(23-34)37-27-42(58-33-59(51-17-11-10-16-50(51)58)48-14-8-6-12-45(48)38-25-40(55)30-41(56)26-38)31-44(28-37)61-43-18-19-47-46-13-7-9-15-49(46)60(52(47)32-43)53-29-39(20-21-57-53)54(3,4)5;/h6-30,33H,1-5H3;/q-3;. The number of hydrogen-bond donors (Lipinski definition) is 0. The average Bonchev–Trinajstić information content (AvgIpc) is 3.79. The molecule has 0 bridgehead atoms. The zero-order valence-corrected chi connectivity index (χ0v) is 37.1. The largest absolute Gasteiger partial charge is 0.509 e. The van der Waals surface area contributed by atoms with Gasteiger partial charge >= 0.3 is 0 Å². The maximum Gasteiger partial charge on any atom is 0.135 e. The Labute approximate surface area is 375 Å². The van der Waals surface area contributed by atoms with Crippen LogP contribution in [-0.2, 0) is 26.5 Å². The molecule has 5 nitrogen and oxygen atoms in total. The molecule has 0 radical (unpaired) electrons. The van der Waals surface area contributed by atoms with E-state index in [9.17, 15) is 8.78 Å². The summed E-state index contributed by atoms with van der Waals surface area (Å²) in [6.45, 7) is 12.8. The van der Waals surface area contributed by atoms with Crippen molar-refractivity contribution in [2.45, 2.75) is 40.0 Å². The van der Waals surface area contributed by atoms with Crippen molar-refractivity contribution in [3.63, 3.8) is 0 Å². The number of ether oxygens (including phenoxy) is 1. The third-order valence-electron chi connectivity index (χ3n) is 11.2. The van der Waals surface area contributed by atoms with Crippen molar-refractivity contribution in [3.8, 4) is 39.6 Å². The Morgan fingerprint density at radius 2 is 1.26 bits per heavy atom. The fourth-order valence-electron chi connectivity index (χ4n) is 8.45. The van der Waals surface area contributed by atoms with Crippen molar-refractivity contribution in [1.82, 2.24) is 9.55 Å². The molecule has 0 amide bonds. The molecule has 2 aromatic heterocycles. The molecule has 10 rings (SSSR count). The Hall–Kier alpha value is -6.56. The van der Waals surface area contributed by atoms with Gasteiger partial charge < -0.3 is 19.1 Å². The van der Waals surface area contributed by atoms with Crippen LogP contribution in [0.5, 0.6) is 11.5 Å². The van der Waals surface area contributed by atoms with Crippen LogP contribution < -0.4 is 14.5 Å². The number of aromatic nitrogens is 2. The summed E-state index contributed by atoms with van der Waals surface area (Å²) in [6.07, 6.45) is 1.88. The molecule has 0 N–H and O–H groups in total. The number of rotatable bonds is 7. The van der Waals surface area contributed by atoms with Gasteiger partial charge in [-0.3, -0.25) is 0 Å². The van der Waals surface area contributed by atoms with Crippen LogP contribution in [0.1, 0.15) is 37.5 Å². The number of hydrogen-bond acceptors (Lipinski definition) is 4. The molecular weight excluding hydrogens is 954 g/mol. The predicted molar refractivity (Wildman–Crippen MR) is 243 cm³/mol. The third-order valence-corrected chi connectivity index (χ3v) is 11.2. The van der Waals surface area contributed by atoms with Crippen molar-refractivity contribution >= 4 is 44.6 Å². The molecule has 0 fully saturated rings. The zero-order valence-electron chi connectivity index (χ0n) is 34.8. The van der Waals surface area contributed by atoms with Crippen LogP contribution in [0.4, 0.5) is 31.5 Å². The number of halogens is 2. The number of nitrogens with zero attached hydrogens (tertiary/aromatic N) is 4. The number of aryl methyl sites for hydroxylation is 2. The number of fused-ring (bicyclic) bond motifs is 4. The number of benzene rings is 7. The summed E-state index contributed by atoms with van der Waals surface area (Å²) in [5.41, 5.74) is 11.8. The summed E-state index contributed by atoms with van der Waals surface area (Å²) in [6, 6.07) is 53.8. The molecule has 0 aliphatic carbocycles. The van der Waals surface area contributed by atoms with Crippen molar-refractivity contribution in [3.05, 3.63) is 199 Å². The average molecular weight is 995 g/mol. The molecule has 0 unspecified atom stereocenters. The predicted octanol–water partition coefficient (Wildman–Crippen LogP) is 14.5. The van der Waals surface area contributed by atoms with Crippen LogP contribution >= 0.6 is 0 Å². The number of para-hydroxylation sites is 4. The van der Waals surface area contributed by atoms with Crippen LogP contribution in [0.25, 0.3) is 49.9 Å². The first-order valence-electron chi connectivity index (χ1n) is 20.3. The van der Waals surface area contributed by atoms with E-state index in [-0.39, 0.29) is 26.5 Å². The second kappa shape index (κ2) is 16.0. The molecule has 3 heterocycles. The van der Waals surface area contributed by atoms with Crippen LogP contribution in [0.2, 0.25) is 0 Å². The zero-order chi connectivity index (χ0) is 42.0. The molecule has 1 aliphatic rings. The van der Waals surface area contributed by atoms with Crippen LogP contribution in [-0.4, -0.2) is 9.55 Å². The Bertz CT molecular complexity index is 3130. The summed E-state index contributed by atoms with van der Waals surface area (Å²) >= 11 is 0. The van der Waals surface area contributed by atoms with E-state index in [0.29, 0.717) is 22.6 Å². The molecular formula is C54H41F2N4OPt-3. The van der Waals surface area contributed by atoms with Gasteiger partial charge in [0.05, 0.1) is 0 Å². The maximum atomic E-state index is 14.6. The normalized spacial score (nSPS) is 12.5. The van der Waals surface area contributed by atoms with E-state index >= 15 is 0 Å². The molecule has 0 atom stereocenters. The molecule has 62 heavy (non-hydrogen) atoms. The summed E-state index contributed by atoms with van der Waals surface area (Å²) in [5.74, 6) is 0.595. The van der Waals surface area contributed by atoms with E-state index in [1.165, 1.54) is 17.7 Å². The van der Waals surface area contributed by atoms with Crippen LogP contribution in [0.3, 0.4) is 0 Å². The van der Waals surface area contributed by atoms with Crippen molar-refractivity contribution < 1.29 is 34.6 Å². The minimum absolute atomic E-state index is 0. The monoisotopic (exact) mass is 994 g/mol. The molecule has 0 spiro atoms. The summed E-state index contributed by atoms with van der Waals surface area (Å²) in [4.78, 5) is 8.98. The number of anilines is 4. The Balaban J connectivity index is 0.00000490. The minimum atomic E-state index is -0.633. The van der Waals surface area contributed by atoms with Gasteiger partial charge in [0, 0.05) is 73.0 Å². The fraction of sp³-hybridized carbons (Fsp3) is 0.111. The smallest absolute Gasteiger partial charge is 0.135 e. The van der Waals surface area contributed by atoms with E-state index in [2.05, 4.69) is 128 Å². The van der Waals surface area contributed by atoms with Gasteiger partial charge in [-0.25, -0.2) is 13.8 Å². The van der Waals surface area contributed by atoms with Gasteiger partial charge in [0.25, 0.3) is 0 Å². The quantitative estimate of drug-likeness (QED) is 0.149. The van der Waals surface area contributed by atoms with Gasteiger partial charge in [0.1, 0.15) is 17.5 Å². The first-order chi connectivity index (χ1) is 29.5. The maximum absolute atomic E-state index is 14.6. The van der Waals surface area contributed by atoms with Crippen molar-refractivity contribution in [1.29, 1.82) is 0 Å². The second-order valence-corrected chi connectivity index (χ2v) is 16.7. The summed E-state index contributed by atoms with van der Waals surface area (Å²) in [7, 11) is 0. The molecule has 7 aromatic carbocycles. The van der Waals surface area contributed by atoms with Gasteiger partial charge in [0.2, 0.25) is 0 Å². The summed E-state index contributed by atoms with van der Waals surface area (Å²) < 4.78 is 38.1. The van der Waals surface area contributed by atoms with Crippen LogP contribution in [0, 0.1) is 44.3 Å². The summed E-state index contributed by atoms with van der Waals surface area (Å²) in [5, 5.41) is 2.15. The number of pyridine rings is 1. The fourth-order valence-corrected chi connectivity index (χ4v) is 8.45. The first-order valence-corrected chi connectivity index (χ1v) is 20.3. The molecule has 8 heteroatoms. The van der Waals surface area contributed by atoms with Gasteiger partial charge in [-0.2, -0.15) is 6.07 Å². The molecule has 0 saturated heterocycles. The van der Waals surface area contributed by atoms with Crippen molar-refractivity contribution in [2.75, 3.05) is 9.80 Å². The first kappa shape index (κ1) is 40.8. The van der Waals surface area contributed by atoms with Gasteiger partial charge in [-0.05, 0) is 89.9 Å². The van der Waals surface area contributed by atoms with Crippen LogP contribution in [0.15, 0.2) is 152 Å². The molecule has 0 saturated carbocycles. The molecule has 9 aromatic rings. The topological polar surface area (TPSA) is 33.5 Å². The van der Waals surface area contributed by atoms with E-state index in [4.69, 9.17) is 9.72 Å². The Kier molecular flexibility index (Phi) is 10.6. The van der Waals surface area contributed by atoms with Gasteiger partial charge in [-0.1, -0.05) is 104 Å². The van der Waals surface area contributed by atoms with E-state index in [0.717, 1.165) is 78.7 Å². The Morgan fingerprint density at radius 3 is 2.00 bits per heavy atom. The SMILES string of the molecule is Cc1cc(C)cc(-c2cc(Oc3[c-]c4c(cc3)c3ccccc3n4-c3cc(C(C)(C)C)ccn3)[c-]c(N3[CH-]N(c4ccccc4-c4cc(F)cc(F)c4)c4ccccc43)c2)c1.[Pt]. The third kappa shape index (κ3) is 7.56. The van der Waals surface area contributed by atoms with E-state index < -0.39 is 11.6 Å². The van der Waals surface area contributed by atoms with Crippen molar-refractivity contribution in [2.24, 2.45) is 0 Å². The second-order valence-electron chi connectivity index (χ2n) is 16.7. The Morgan fingerprint density at radius 1 is 0.597 bits per heavy atom.